The highest BCUT2D eigenvalue weighted by atomic mass is 32.2. The topological polar surface area (TPSA) is 17.1 Å². The van der Waals surface area contributed by atoms with Crippen LogP contribution in [-0.2, 0) is 4.79 Å². The number of carbonyl (C=O) groups excluding carboxylic acids is 1. The average Bonchev–Trinajstić information content (AvgIpc) is 1.90. The highest BCUT2D eigenvalue weighted by Crippen LogP contribution is 2.11. The van der Waals surface area contributed by atoms with Gasteiger partial charge in [0.05, 0.1) is 4.91 Å². The minimum Gasteiger partial charge on any atom is -0.297 e. The second-order valence-corrected chi connectivity index (χ2v) is 3.19. The zero-order chi connectivity index (χ0) is 5.82. The van der Waals surface area contributed by atoms with E-state index in [-0.39, 0.29) is 0 Å². The Hall–Kier alpha value is -0.280. The first-order chi connectivity index (χ1) is 3.93. The zero-order valence-corrected chi connectivity index (χ0v) is 5.67. The van der Waals surface area contributed by atoms with Gasteiger partial charge in [0.2, 0.25) is 0 Å². The van der Waals surface area contributed by atoms with Crippen LogP contribution < -0.4 is 0 Å². The van der Waals surface area contributed by atoms with Crippen molar-refractivity contribution in [2.45, 2.75) is 0 Å². The summed E-state index contributed by atoms with van der Waals surface area (Å²) in [5.74, 6) is 0. The number of aldehydes is 1. The highest BCUT2D eigenvalue weighted by Gasteiger charge is 1.91. The van der Waals surface area contributed by atoms with Gasteiger partial charge in [-0.05, 0) is 11.4 Å². The Kier molecular flexibility index (Phi) is 2.11. The lowest BCUT2D eigenvalue weighted by Crippen LogP contribution is -1.79. The molecule has 0 aromatic heterocycles. The number of rotatable bonds is 1. The molecule has 0 fully saturated rings. The van der Waals surface area contributed by atoms with Crippen LogP contribution in [-0.4, -0.2) is 16.4 Å². The second-order valence-electron chi connectivity index (χ2n) is 1.17. The Balaban J connectivity index is 2.76. The number of hydrogen-bond acceptors (Lipinski definition) is 2. The molecule has 1 aliphatic heterocycles. The van der Waals surface area contributed by atoms with Gasteiger partial charge in [0.15, 0.2) is 6.29 Å². The SMILES string of the molecule is O=CC1=CC=S=CS1. The molecule has 1 heterocycles. The third-order valence-electron chi connectivity index (χ3n) is 0.667. The summed E-state index contributed by atoms with van der Waals surface area (Å²) in [6, 6.07) is 0. The van der Waals surface area contributed by atoms with Crippen molar-refractivity contribution in [3.63, 3.8) is 0 Å². The molecule has 0 saturated heterocycles. The highest BCUT2D eigenvalue weighted by molar-refractivity contribution is 8.27. The lowest BCUT2D eigenvalue weighted by molar-refractivity contribution is -0.104. The van der Waals surface area contributed by atoms with E-state index in [2.05, 4.69) is 0 Å². The Labute approximate surface area is 55.3 Å². The summed E-state index contributed by atoms with van der Waals surface area (Å²) in [6.07, 6.45) is 2.67. The molecule has 0 atom stereocenters. The van der Waals surface area contributed by atoms with Crippen LogP contribution in [0.2, 0.25) is 0 Å². The van der Waals surface area contributed by atoms with Gasteiger partial charge in [-0.1, -0.05) is 11.8 Å². The average molecular weight is 144 g/mol. The molecule has 0 unspecified atom stereocenters. The number of hydrogen-bond donors (Lipinski definition) is 0. The Morgan fingerprint density at radius 1 is 1.62 bits per heavy atom. The quantitative estimate of drug-likeness (QED) is 0.405. The molecule has 0 amide bonds. The molecular weight excluding hydrogens is 140 g/mol. The van der Waals surface area contributed by atoms with Crippen LogP contribution in [0.25, 0.3) is 0 Å². The van der Waals surface area contributed by atoms with Crippen LogP contribution in [0.5, 0.6) is 0 Å². The summed E-state index contributed by atoms with van der Waals surface area (Å²) in [4.78, 5) is 10.8. The minimum absolute atomic E-state index is 0.781. The van der Waals surface area contributed by atoms with E-state index in [0.717, 1.165) is 11.2 Å². The molecule has 0 saturated carbocycles. The summed E-state index contributed by atoms with van der Waals surface area (Å²) in [7, 11) is 1.59. The molecule has 0 radical (unpaired) electrons. The molecular formula is C5H4OS2. The Bertz CT molecular complexity index is 187. The van der Waals surface area contributed by atoms with Crippen LogP contribution in [0.4, 0.5) is 0 Å². The van der Waals surface area contributed by atoms with Gasteiger partial charge in [-0.3, -0.25) is 4.79 Å². The van der Waals surface area contributed by atoms with Gasteiger partial charge in [-0.2, -0.15) is 0 Å². The molecule has 42 valence electrons. The van der Waals surface area contributed by atoms with E-state index in [1.807, 2.05) is 16.1 Å². The molecule has 1 aliphatic rings. The van der Waals surface area contributed by atoms with Crippen LogP contribution in [0.3, 0.4) is 0 Å². The molecule has 0 aromatic rings. The van der Waals surface area contributed by atoms with Crippen molar-refractivity contribution < 1.29 is 4.79 Å². The largest absolute Gasteiger partial charge is 0.297 e. The number of thioether (sulfide) groups is 1. The molecule has 3 heteroatoms. The van der Waals surface area contributed by atoms with E-state index in [1.54, 1.807) is 10.9 Å². The van der Waals surface area contributed by atoms with Crippen LogP contribution in [0.1, 0.15) is 0 Å². The van der Waals surface area contributed by atoms with Crippen molar-refractivity contribution in [1.82, 2.24) is 0 Å². The summed E-state index contributed by atoms with van der Waals surface area (Å²) >= 11 is 1.46. The maximum absolute atomic E-state index is 10.0. The van der Waals surface area contributed by atoms with Gasteiger partial charge in [-0.25, -0.2) is 0 Å². The minimum atomic E-state index is 0.781. The molecule has 8 heavy (non-hydrogen) atoms. The molecule has 1 nitrogen and oxygen atoms in total. The normalized spacial score (nSPS) is 16.8. The Morgan fingerprint density at radius 3 is 2.88 bits per heavy atom. The lowest BCUT2D eigenvalue weighted by atomic mass is 10.6. The maximum Gasteiger partial charge on any atom is 0.156 e. The lowest BCUT2D eigenvalue weighted by Gasteiger charge is -1.90. The standard InChI is InChI=1S/C5H4OS2/c6-3-5-1-2-7-4-8-5/h1-4H. The number of allylic oxidation sites excluding steroid dienone is 2. The summed E-state index contributed by atoms with van der Waals surface area (Å²) in [6.45, 7) is 0. The van der Waals surface area contributed by atoms with Crippen LogP contribution >= 0.6 is 22.7 Å². The molecule has 0 bridgehead atoms. The first-order valence-electron chi connectivity index (χ1n) is 2.06. The third kappa shape index (κ3) is 1.35. The van der Waals surface area contributed by atoms with Gasteiger partial charge in [0.1, 0.15) is 0 Å². The molecule has 1 rings (SSSR count). The van der Waals surface area contributed by atoms with Crippen LogP contribution in [0, 0.1) is 0 Å². The smallest absolute Gasteiger partial charge is 0.156 e. The molecule has 0 N–H and O–H groups in total. The Morgan fingerprint density at radius 2 is 2.50 bits per heavy atom. The first kappa shape index (κ1) is 5.85. The van der Waals surface area contributed by atoms with E-state index in [0.29, 0.717) is 0 Å². The van der Waals surface area contributed by atoms with Gasteiger partial charge >= 0.3 is 0 Å². The maximum atomic E-state index is 10.0. The van der Waals surface area contributed by atoms with Gasteiger partial charge < -0.3 is 0 Å². The van der Waals surface area contributed by atoms with Crippen molar-refractivity contribution >= 4 is 39.1 Å². The second kappa shape index (κ2) is 2.89. The summed E-state index contributed by atoms with van der Waals surface area (Å²) < 4.78 is 1.92. The van der Waals surface area contributed by atoms with Crippen molar-refractivity contribution in [3.05, 3.63) is 11.0 Å². The monoisotopic (exact) mass is 144 g/mol. The zero-order valence-electron chi connectivity index (χ0n) is 4.03. The fourth-order valence-corrected chi connectivity index (χ4v) is 1.76. The molecule has 0 aliphatic carbocycles. The third-order valence-corrected chi connectivity index (χ3v) is 2.29. The first-order valence-corrected chi connectivity index (χ1v) is 3.88. The van der Waals surface area contributed by atoms with E-state index in [4.69, 9.17) is 0 Å². The van der Waals surface area contributed by atoms with Gasteiger partial charge in [0.25, 0.3) is 0 Å². The fourth-order valence-electron chi connectivity index (χ4n) is 0.328. The number of carbonyl (C=O) groups is 1. The molecule has 0 spiro atoms. The van der Waals surface area contributed by atoms with E-state index >= 15 is 0 Å². The predicted octanol–water partition coefficient (Wildman–Crippen LogP) is 1.11. The fraction of sp³-hybridized carbons (Fsp3) is 0. The van der Waals surface area contributed by atoms with Crippen molar-refractivity contribution in [2.24, 2.45) is 0 Å². The van der Waals surface area contributed by atoms with Crippen molar-refractivity contribution in [1.29, 1.82) is 0 Å². The molecule has 0 aromatic carbocycles. The van der Waals surface area contributed by atoms with Crippen molar-refractivity contribution in [2.75, 3.05) is 0 Å². The summed E-state index contributed by atoms with van der Waals surface area (Å²) in [5, 5.41) is 1.89. The van der Waals surface area contributed by atoms with Gasteiger partial charge in [0, 0.05) is 4.70 Å². The van der Waals surface area contributed by atoms with Gasteiger partial charge in [-0.15, -0.1) is 10.9 Å². The van der Waals surface area contributed by atoms with E-state index in [9.17, 15) is 4.79 Å². The van der Waals surface area contributed by atoms with E-state index in [1.165, 1.54) is 11.8 Å². The van der Waals surface area contributed by atoms with Crippen molar-refractivity contribution in [3.8, 4) is 0 Å². The van der Waals surface area contributed by atoms with Crippen LogP contribution in [0.15, 0.2) is 11.0 Å². The summed E-state index contributed by atoms with van der Waals surface area (Å²) in [5.41, 5.74) is 0. The predicted molar refractivity (Wildman–Crippen MR) is 41.5 cm³/mol. The van der Waals surface area contributed by atoms with E-state index < -0.39 is 0 Å².